The van der Waals surface area contributed by atoms with E-state index in [1.54, 1.807) is 0 Å². The number of nitrogens with two attached hydrogens (primary N) is 1. The molecule has 0 spiro atoms. The highest BCUT2D eigenvalue weighted by molar-refractivity contribution is 5.94. The van der Waals surface area contributed by atoms with Gasteiger partial charge in [-0.25, -0.2) is 4.98 Å². The summed E-state index contributed by atoms with van der Waals surface area (Å²) in [6, 6.07) is 8.41. The zero-order chi connectivity index (χ0) is 14.7. The number of nitrogens with zero attached hydrogens (tertiary/aromatic N) is 3. The van der Waals surface area contributed by atoms with E-state index in [0.29, 0.717) is 6.54 Å². The van der Waals surface area contributed by atoms with Gasteiger partial charge in [0.25, 0.3) is 0 Å². The van der Waals surface area contributed by atoms with Gasteiger partial charge in [0.2, 0.25) is 0 Å². The molecule has 1 aromatic heterocycles. The summed E-state index contributed by atoms with van der Waals surface area (Å²) >= 11 is 0. The van der Waals surface area contributed by atoms with E-state index in [9.17, 15) is 0 Å². The van der Waals surface area contributed by atoms with Gasteiger partial charge >= 0.3 is 0 Å². The Morgan fingerprint density at radius 1 is 1.19 bits per heavy atom. The molecular formula is C17H24N4. The van der Waals surface area contributed by atoms with Crippen molar-refractivity contribution in [1.82, 2.24) is 9.88 Å². The second-order valence-corrected chi connectivity index (χ2v) is 5.83. The summed E-state index contributed by atoms with van der Waals surface area (Å²) in [6.45, 7) is 5.15. The number of rotatable bonds is 5. The molecule has 1 aliphatic heterocycles. The van der Waals surface area contributed by atoms with E-state index in [1.807, 2.05) is 6.20 Å². The van der Waals surface area contributed by atoms with Gasteiger partial charge in [-0.15, -0.1) is 0 Å². The van der Waals surface area contributed by atoms with Gasteiger partial charge in [0, 0.05) is 38.3 Å². The molecule has 0 aliphatic carbocycles. The van der Waals surface area contributed by atoms with Crippen LogP contribution >= 0.6 is 0 Å². The van der Waals surface area contributed by atoms with E-state index in [-0.39, 0.29) is 0 Å². The molecule has 1 aliphatic rings. The van der Waals surface area contributed by atoms with Gasteiger partial charge in [-0.3, -0.25) is 0 Å². The number of hydrogen-bond acceptors (Lipinski definition) is 4. The van der Waals surface area contributed by atoms with Crippen LogP contribution in [0.4, 0.5) is 5.82 Å². The molecule has 3 rings (SSSR count). The van der Waals surface area contributed by atoms with Gasteiger partial charge in [0.1, 0.15) is 5.82 Å². The zero-order valence-electron chi connectivity index (χ0n) is 12.8. The minimum atomic E-state index is 0.533. The zero-order valence-corrected chi connectivity index (χ0v) is 12.8. The Kier molecular flexibility index (Phi) is 4.36. The SMILES string of the molecule is CN(CCN1CCCC1)c1ncc(CN)c2ccccc12. The molecule has 0 saturated carbocycles. The quantitative estimate of drug-likeness (QED) is 0.914. The molecule has 0 atom stereocenters. The number of fused-ring (bicyclic) bond motifs is 1. The fraction of sp³-hybridized carbons (Fsp3) is 0.471. The molecule has 2 aromatic rings. The van der Waals surface area contributed by atoms with Crippen molar-refractivity contribution in [2.45, 2.75) is 19.4 Å². The van der Waals surface area contributed by atoms with Crippen LogP contribution in [0.15, 0.2) is 30.5 Å². The Balaban J connectivity index is 1.82. The molecule has 0 radical (unpaired) electrons. The van der Waals surface area contributed by atoms with Crippen molar-refractivity contribution < 1.29 is 0 Å². The van der Waals surface area contributed by atoms with Gasteiger partial charge in [0.05, 0.1) is 0 Å². The molecule has 0 unspecified atom stereocenters. The van der Waals surface area contributed by atoms with E-state index < -0.39 is 0 Å². The van der Waals surface area contributed by atoms with Crippen LogP contribution in [0.3, 0.4) is 0 Å². The fourth-order valence-electron chi connectivity index (χ4n) is 3.11. The Bertz CT molecular complexity index is 605. The van der Waals surface area contributed by atoms with Crippen molar-refractivity contribution in [2.75, 3.05) is 38.1 Å². The highest BCUT2D eigenvalue weighted by Crippen LogP contribution is 2.26. The first kappa shape index (κ1) is 14.3. The molecule has 0 bridgehead atoms. The summed E-state index contributed by atoms with van der Waals surface area (Å²) in [6.07, 6.45) is 4.61. The first-order chi connectivity index (χ1) is 10.3. The van der Waals surface area contributed by atoms with Crippen LogP contribution in [0.1, 0.15) is 18.4 Å². The lowest BCUT2D eigenvalue weighted by Gasteiger charge is -2.24. The molecule has 1 fully saturated rings. The number of likely N-dealkylation sites (tertiary alicyclic amines) is 1. The molecule has 4 heteroatoms. The summed E-state index contributed by atoms with van der Waals surface area (Å²) in [7, 11) is 2.13. The van der Waals surface area contributed by atoms with Crippen LogP contribution in [-0.4, -0.2) is 43.1 Å². The maximum absolute atomic E-state index is 5.82. The Morgan fingerprint density at radius 2 is 1.90 bits per heavy atom. The topological polar surface area (TPSA) is 45.4 Å². The van der Waals surface area contributed by atoms with E-state index in [1.165, 1.54) is 36.7 Å². The minimum absolute atomic E-state index is 0.533. The van der Waals surface area contributed by atoms with Gasteiger partial charge < -0.3 is 15.5 Å². The highest BCUT2D eigenvalue weighted by atomic mass is 15.2. The smallest absolute Gasteiger partial charge is 0.136 e. The number of benzene rings is 1. The van der Waals surface area contributed by atoms with E-state index >= 15 is 0 Å². The predicted octanol–water partition coefficient (Wildman–Crippen LogP) is 2.23. The van der Waals surface area contributed by atoms with Crippen molar-refractivity contribution in [2.24, 2.45) is 5.73 Å². The van der Waals surface area contributed by atoms with Gasteiger partial charge in [-0.05, 0) is 36.9 Å². The molecule has 112 valence electrons. The van der Waals surface area contributed by atoms with Crippen LogP contribution in [0.5, 0.6) is 0 Å². The standard InChI is InChI=1S/C17H24N4/c1-20(10-11-21-8-4-5-9-21)17-16-7-3-2-6-15(16)14(12-18)13-19-17/h2-3,6-7,13H,4-5,8-12,18H2,1H3. The van der Waals surface area contributed by atoms with E-state index in [2.05, 4.69) is 46.1 Å². The molecule has 21 heavy (non-hydrogen) atoms. The normalized spacial score (nSPS) is 15.7. The highest BCUT2D eigenvalue weighted by Gasteiger charge is 2.14. The van der Waals surface area contributed by atoms with Crippen molar-refractivity contribution in [3.63, 3.8) is 0 Å². The third kappa shape index (κ3) is 3.01. The number of likely N-dealkylation sites (N-methyl/N-ethyl adjacent to an activating group) is 1. The molecule has 4 nitrogen and oxygen atoms in total. The average Bonchev–Trinajstić information content (AvgIpc) is 3.05. The van der Waals surface area contributed by atoms with Crippen molar-refractivity contribution in [3.05, 3.63) is 36.0 Å². The molecule has 1 saturated heterocycles. The lowest BCUT2D eigenvalue weighted by Crippen LogP contribution is -2.31. The van der Waals surface area contributed by atoms with Gasteiger partial charge in [0.15, 0.2) is 0 Å². The van der Waals surface area contributed by atoms with Crippen LogP contribution in [0, 0.1) is 0 Å². The Hall–Kier alpha value is -1.65. The van der Waals surface area contributed by atoms with E-state index in [0.717, 1.165) is 24.5 Å². The first-order valence-electron chi connectivity index (χ1n) is 7.80. The summed E-state index contributed by atoms with van der Waals surface area (Å²) in [5.41, 5.74) is 6.94. The van der Waals surface area contributed by atoms with Crippen LogP contribution in [0.25, 0.3) is 10.8 Å². The monoisotopic (exact) mass is 284 g/mol. The number of pyridine rings is 1. The first-order valence-corrected chi connectivity index (χ1v) is 7.80. The molecule has 0 amide bonds. The van der Waals surface area contributed by atoms with Crippen molar-refractivity contribution in [3.8, 4) is 0 Å². The van der Waals surface area contributed by atoms with Crippen LogP contribution < -0.4 is 10.6 Å². The third-order valence-electron chi connectivity index (χ3n) is 4.39. The average molecular weight is 284 g/mol. The van der Waals surface area contributed by atoms with Crippen molar-refractivity contribution in [1.29, 1.82) is 0 Å². The molecular weight excluding hydrogens is 260 g/mol. The maximum Gasteiger partial charge on any atom is 0.136 e. The second kappa shape index (κ2) is 6.41. The second-order valence-electron chi connectivity index (χ2n) is 5.83. The predicted molar refractivity (Wildman–Crippen MR) is 88.6 cm³/mol. The molecule has 1 aromatic carbocycles. The minimum Gasteiger partial charge on any atom is -0.358 e. The van der Waals surface area contributed by atoms with Gasteiger partial charge in [-0.2, -0.15) is 0 Å². The van der Waals surface area contributed by atoms with Crippen LogP contribution in [-0.2, 0) is 6.54 Å². The number of aromatic nitrogens is 1. The van der Waals surface area contributed by atoms with Crippen LogP contribution in [0.2, 0.25) is 0 Å². The number of hydrogen-bond donors (Lipinski definition) is 1. The van der Waals surface area contributed by atoms with E-state index in [4.69, 9.17) is 5.73 Å². The van der Waals surface area contributed by atoms with Gasteiger partial charge in [-0.1, -0.05) is 24.3 Å². The lowest BCUT2D eigenvalue weighted by atomic mass is 10.1. The lowest BCUT2D eigenvalue weighted by molar-refractivity contribution is 0.346. The molecule has 2 N–H and O–H groups in total. The summed E-state index contributed by atoms with van der Waals surface area (Å²) in [5, 5.41) is 2.42. The maximum atomic E-state index is 5.82. The number of anilines is 1. The summed E-state index contributed by atoms with van der Waals surface area (Å²) in [4.78, 5) is 9.45. The summed E-state index contributed by atoms with van der Waals surface area (Å²) in [5.74, 6) is 1.06. The summed E-state index contributed by atoms with van der Waals surface area (Å²) < 4.78 is 0. The fourth-order valence-corrected chi connectivity index (χ4v) is 3.11. The largest absolute Gasteiger partial charge is 0.358 e. The van der Waals surface area contributed by atoms with Crippen molar-refractivity contribution >= 4 is 16.6 Å². The third-order valence-corrected chi connectivity index (χ3v) is 4.39. The Labute approximate surface area is 126 Å². The molecule has 2 heterocycles. The Morgan fingerprint density at radius 3 is 2.62 bits per heavy atom.